The van der Waals surface area contributed by atoms with Gasteiger partial charge in [-0.3, -0.25) is 0 Å². The van der Waals surface area contributed by atoms with Crippen LogP contribution in [-0.4, -0.2) is 0 Å². The monoisotopic (exact) mass is 372 g/mol. The van der Waals surface area contributed by atoms with Crippen molar-refractivity contribution in [3.05, 3.63) is 58.7 Å². The van der Waals surface area contributed by atoms with E-state index in [0.717, 1.165) is 6.07 Å². The molecule has 0 aromatic heterocycles. The number of hydrogen-bond donors (Lipinski definition) is 0. The molecule has 2 rings (SSSR count). The molecule has 9 heteroatoms. The maximum atomic E-state index is 13.2. The number of aryl methyl sites for hydroxylation is 1. The fourth-order valence-corrected chi connectivity index (χ4v) is 2.28. The Labute approximate surface area is 135 Å². The van der Waals surface area contributed by atoms with E-state index in [1.54, 1.807) is 0 Å². The van der Waals surface area contributed by atoms with Crippen LogP contribution in [-0.2, 0) is 18.5 Å². The maximum Gasteiger partial charge on any atom is 0.417 e. The lowest BCUT2D eigenvalue weighted by atomic mass is 9.92. The average molecular weight is 372 g/mol. The Bertz CT molecular complexity index is 780. The minimum atomic E-state index is -5.17. The fraction of sp³-hybridized carbons (Fsp3) is 0.250. The van der Waals surface area contributed by atoms with Crippen LogP contribution >= 0.6 is 0 Å². The highest BCUT2D eigenvalue weighted by Gasteiger charge is 2.39. The van der Waals surface area contributed by atoms with Crippen molar-refractivity contribution in [1.29, 1.82) is 0 Å². The fourth-order valence-electron chi connectivity index (χ4n) is 2.28. The molecule has 0 amide bonds. The third kappa shape index (κ3) is 4.08. The van der Waals surface area contributed by atoms with E-state index in [2.05, 4.69) is 0 Å². The van der Waals surface area contributed by atoms with Crippen LogP contribution in [0.4, 0.5) is 39.5 Å². The predicted octanol–water partition coefficient (Wildman–Crippen LogP) is 6.72. The summed E-state index contributed by atoms with van der Waals surface area (Å²) in [5.74, 6) is 0. The second kappa shape index (κ2) is 5.96. The summed E-state index contributed by atoms with van der Waals surface area (Å²) in [6.45, 7) is 1.27. The van der Waals surface area contributed by atoms with Crippen molar-refractivity contribution in [2.75, 3.05) is 0 Å². The molecule has 0 N–H and O–H groups in total. The number of halogens is 9. The number of hydrogen-bond acceptors (Lipinski definition) is 0. The van der Waals surface area contributed by atoms with Crippen molar-refractivity contribution >= 4 is 0 Å². The first-order valence-corrected chi connectivity index (χ1v) is 6.68. The van der Waals surface area contributed by atoms with Gasteiger partial charge in [-0.15, -0.1) is 0 Å². The van der Waals surface area contributed by atoms with Crippen molar-refractivity contribution in [2.24, 2.45) is 0 Å². The van der Waals surface area contributed by atoms with Crippen LogP contribution in [0.15, 0.2) is 36.4 Å². The Morgan fingerprint density at radius 2 is 1.04 bits per heavy atom. The second-order valence-corrected chi connectivity index (χ2v) is 5.28. The van der Waals surface area contributed by atoms with Gasteiger partial charge in [-0.1, -0.05) is 12.1 Å². The van der Waals surface area contributed by atoms with Crippen molar-refractivity contribution in [3.8, 4) is 11.1 Å². The molecule has 0 spiro atoms. The first kappa shape index (κ1) is 19.1. The van der Waals surface area contributed by atoms with Gasteiger partial charge in [0.15, 0.2) is 0 Å². The summed E-state index contributed by atoms with van der Waals surface area (Å²) in [5.41, 5.74) is -5.49. The van der Waals surface area contributed by atoms with E-state index in [1.807, 2.05) is 0 Å². The van der Waals surface area contributed by atoms with E-state index in [9.17, 15) is 39.5 Å². The first-order chi connectivity index (χ1) is 11.2. The lowest BCUT2D eigenvalue weighted by molar-refractivity contribution is -0.142. The van der Waals surface area contributed by atoms with Gasteiger partial charge in [-0.05, 0) is 47.9 Å². The molecule has 2 aromatic carbocycles. The number of rotatable bonds is 1. The van der Waals surface area contributed by atoms with E-state index >= 15 is 0 Å². The Balaban J connectivity index is 2.75. The van der Waals surface area contributed by atoms with E-state index in [0.29, 0.717) is 24.3 Å². The van der Waals surface area contributed by atoms with E-state index in [1.165, 1.54) is 6.92 Å². The van der Waals surface area contributed by atoms with Crippen LogP contribution in [0.1, 0.15) is 22.3 Å². The topological polar surface area (TPSA) is 0 Å². The van der Waals surface area contributed by atoms with E-state index in [4.69, 9.17) is 0 Å². The highest BCUT2D eigenvalue weighted by molar-refractivity contribution is 5.72. The molecule has 136 valence electrons. The SMILES string of the molecule is Cc1ccc(C(F)(F)F)cc1-c1ccc(C(F)(F)F)cc1C(F)(F)F. The minimum Gasteiger partial charge on any atom is -0.166 e. The number of alkyl halides is 9. The smallest absolute Gasteiger partial charge is 0.166 e. The van der Waals surface area contributed by atoms with Crippen LogP contribution in [0, 0.1) is 6.92 Å². The third-order valence-corrected chi connectivity index (χ3v) is 3.51. The Morgan fingerprint density at radius 1 is 0.560 bits per heavy atom. The highest BCUT2D eigenvalue weighted by Crippen LogP contribution is 2.42. The molecule has 0 atom stereocenters. The zero-order valence-electron chi connectivity index (χ0n) is 12.4. The summed E-state index contributed by atoms with van der Waals surface area (Å²) in [5, 5.41) is 0. The zero-order chi connectivity index (χ0) is 19.2. The third-order valence-electron chi connectivity index (χ3n) is 3.51. The van der Waals surface area contributed by atoms with Crippen LogP contribution in [0.3, 0.4) is 0 Å². The summed E-state index contributed by atoms with van der Waals surface area (Å²) < 4.78 is 116. The molecule has 0 heterocycles. The van der Waals surface area contributed by atoms with Crippen LogP contribution in [0.2, 0.25) is 0 Å². The molecule has 0 saturated carbocycles. The maximum absolute atomic E-state index is 13.2. The molecule has 0 nitrogen and oxygen atoms in total. The summed E-state index contributed by atoms with van der Waals surface area (Å²) in [6, 6.07) is 2.99. The van der Waals surface area contributed by atoms with Gasteiger partial charge in [0.25, 0.3) is 0 Å². The molecule has 0 radical (unpaired) electrons. The van der Waals surface area contributed by atoms with Gasteiger partial charge in [-0.25, -0.2) is 0 Å². The molecular formula is C16H9F9. The van der Waals surface area contributed by atoms with Gasteiger partial charge in [0.1, 0.15) is 0 Å². The standard InChI is InChI=1S/C16H9F9/c1-8-2-3-9(14(17,18)19)6-12(8)11-5-4-10(15(20,21)22)7-13(11)16(23,24)25/h2-7H,1H3. The molecular weight excluding hydrogens is 363 g/mol. The summed E-state index contributed by atoms with van der Waals surface area (Å²) in [7, 11) is 0. The van der Waals surface area contributed by atoms with Gasteiger partial charge in [0, 0.05) is 0 Å². The van der Waals surface area contributed by atoms with Gasteiger partial charge >= 0.3 is 18.5 Å². The zero-order valence-corrected chi connectivity index (χ0v) is 12.4. The Morgan fingerprint density at radius 3 is 1.52 bits per heavy atom. The van der Waals surface area contributed by atoms with Gasteiger partial charge in [-0.2, -0.15) is 39.5 Å². The van der Waals surface area contributed by atoms with Crippen molar-refractivity contribution in [3.63, 3.8) is 0 Å². The summed E-state index contributed by atoms with van der Waals surface area (Å²) >= 11 is 0. The minimum absolute atomic E-state index is 0.0678. The van der Waals surface area contributed by atoms with E-state index < -0.39 is 46.3 Å². The molecule has 2 aromatic rings. The lowest BCUT2D eigenvalue weighted by Crippen LogP contribution is -2.12. The molecule has 0 aliphatic carbocycles. The highest BCUT2D eigenvalue weighted by atomic mass is 19.4. The molecule has 0 fully saturated rings. The molecule has 0 bridgehead atoms. The van der Waals surface area contributed by atoms with Gasteiger partial charge < -0.3 is 0 Å². The lowest BCUT2D eigenvalue weighted by Gasteiger charge is -2.18. The van der Waals surface area contributed by atoms with Crippen LogP contribution in [0.5, 0.6) is 0 Å². The summed E-state index contributed by atoms with van der Waals surface area (Å²) in [4.78, 5) is 0. The van der Waals surface area contributed by atoms with Crippen molar-refractivity contribution < 1.29 is 39.5 Å². The van der Waals surface area contributed by atoms with E-state index in [-0.39, 0.29) is 11.6 Å². The molecule has 25 heavy (non-hydrogen) atoms. The van der Waals surface area contributed by atoms with Gasteiger partial charge in [0.05, 0.1) is 16.7 Å². The largest absolute Gasteiger partial charge is 0.417 e. The average Bonchev–Trinajstić information content (AvgIpc) is 2.44. The first-order valence-electron chi connectivity index (χ1n) is 6.68. The second-order valence-electron chi connectivity index (χ2n) is 5.28. The van der Waals surface area contributed by atoms with Crippen molar-refractivity contribution in [1.82, 2.24) is 0 Å². The molecule has 0 aliphatic heterocycles. The molecule has 0 aliphatic rings. The van der Waals surface area contributed by atoms with Crippen LogP contribution < -0.4 is 0 Å². The molecule has 0 saturated heterocycles. The normalized spacial score (nSPS) is 13.2. The Hall–Kier alpha value is -2.19. The summed E-state index contributed by atoms with van der Waals surface area (Å²) in [6.07, 6.45) is -15.0. The van der Waals surface area contributed by atoms with Crippen molar-refractivity contribution in [2.45, 2.75) is 25.5 Å². The Kier molecular flexibility index (Phi) is 4.56. The molecule has 0 unspecified atom stereocenters. The predicted molar refractivity (Wildman–Crippen MR) is 71.6 cm³/mol. The van der Waals surface area contributed by atoms with Crippen LogP contribution in [0.25, 0.3) is 11.1 Å². The number of benzene rings is 2. The van der Waals surface area contributed by atoms with Gasteiger partial charge in [0.2, 0.25) is 0 Å². The quantitative estimate of drug-likeness (QED) is 0.488.